The maximum atomic E-state index is 13.4. The number of ether oxygens (including phenoxy) is 1. The molecule has 0 bridgehead atoms. The van der Waals surface area contributed by atoms with E-state index in [1.165, 1.54) is 17.7 Å². The quantitative estimate of drug-likeness (QED) is 0.161. The Bertz CT molecular complexity index is 2700. The van der Waals surface area contributed by atoms with Crippen molar-refractivity contribution in [2.75, 3.05) is 30.2 Å². The Kier molecular flexibility index (Phi) is 9.66. The molecule has 9 rings (SSSR count). The molecule has 0 radical (unpaired) electrons. The lowest BCUT2D eigenvalue weighted by molar-refractivity contribution is -0.274. The second kappa shape index (κ2) is 14.9. The van der Waals surface area contributed by atoms with E-state index >= 15 is 0 Å². The molecule has 3 atom stereocenters. The zero-order valence-corrected chi connectivity index (χ0v) is 34.7. The van der Waals surface area contributed by atoms with Gasteiger partial charge in [-0.15, -0.1) is 13.2 Å². The number of para-hydroxylation sites is 2. The molecule has 13 heteroatoms. The third-order valence-corrected chi connectivity index (χ3v) is 11.6. The molecule has 4 aliphatic rings. The molecule has 0 fully saturated rings. The van der Waals surface area contributed by atoms with Crippen molar-refractivity contribution in [1.29, 1.82) is 0 Å². The lowest BCUT2D eigenvalue weighted by atomic mass is 9.84. The van der Waals surface area contributed by atoms with Crippen molar-refractivity contribution in [1.82, 2.24) is 9.97 Å². The summed E-state index contributed by atoms with van der Waals surface area (Å²) >= 11 is 0. The molecule has 5 aromatic rings. The van der Waals surface area contributed by atoms with E-state index in [4.69, 9.17) is 16.5 Å². The molecule has 3 unspecified atom stereocenters. The van der Waals surface area contributed by atoms with Crippen molar-refractivity contribution in [2.24, 2.45) is 11.7 Å². The SMILES string of the molecule is CC1=CC(N2c3nccnc3N(c3ccccc3N)C2N)=CC(C)C1=C1C=CN(c2ccc(C)c(N3c4ccc(OC(F)(F)F)cc4N(c4cc(C)cc(C)c4)C3C)c2)C=C1. The van der Waals surface area contributed by atoms with Crippen LogP contribution in [-0.2, 0) is 0 Å². The van der Waals surface area contributed by atoms with E-state index in [2.05, 4.69) is 118 Å². The first-order valence-electron chi connectivity index (χ1n) is 20.1. The van der Waals surface area contributed by atoms with E-state index in [9.17, 15) is 13.2 Å². The van der Waals surface area contributed by atoms with Crippen molar-refractivity contribution in [3.05, 3.63) is 167 Å². The fraction of sp³-hybridized carbons (Fsp3) is 0.208. The molecule has 0 saturated carbocycles. The number of aromatic nitrogens is 2. The maximum Gasteiger partial charge on any atom is 0.573 e. The van der Waals surface area contributed by atoms with E-state index in [0.717, 1.165) is 62.0 Å². The predicted molar refractivity (Wildman–Crippen MR) is 238 cm³/mol. The summed E-state index contributed by atoms with van der Waals surface area (Å²) in [6.07, 6.45) is 10.4. The van der Waals surface area contributed by atoms with Gasteiger partial charge in [0.1, 0.15) is 11.9 Å². The number of rotatable bonds is 6. The zero-order valence-electron chi connectivity index (χ0n) is 34.7. The van der Waals surface area contributed by atoms with Crippen molar-refractivity contribution in [3.8, 4) is 5.75 Å². The van der Waals surface area contributed by atoms with Gasteiger partial charge >= 0.3 is 6.36 Å². The standard InChI is InChI=1S/C48H46F3N9O/c1-28-21-29(2)23-36(22-28)57-33(6)58(41-14-13-38(27-43(41)57)61-48(49,50)51)42-26-35(12-11-30(42)3)56-19-15-34(16-20-56)44-31(4)24-37(25-32(44)5)59-45-46(55-18-17-54-45)60(47(59)53)40-10-8-7-9-39(40)52/h7-27,31,33,47H,52-53H2,1-6H3. The van der Waals surface area contributed by atoms with Gasteiger partial charge in [-0.25, -0.2) is 9.97 Å². The minimum atomic E-state index is -4.81. The number of aryl methyl sites for hydroxylation is 3. The summed E-state index contributed by atoms with van der Waals surface area (Å²) < 4.78 is 44.6. The molecule has 1 aliphatic carbocycles. The van der Waals surface area contributed by atoms with E-state index < -0.39 is 12.7 Å². The van der Waals surface area contributed by atoms with Gasteiger partial charge in [0.15, 0.2) is 17.9 Å². The van der Waals surface area contributed by atoms with Gasteiger partial charge in [0.2, 0.25) is 0 Å². The lowest BCUT2D eigenvalue weighted by Crippen LogP contribution is -2.48. The average molecular weight is 822 g/mol. The molecular weight excluding hydrogens is 776 g/mol. The number of alkyl halides is 3. The number of anilines is 9. The Labute approximate surface area is 353 Å². The minimum Gasteiger partial charge on any atom is -0.406 e. The number of fused-ring (bicyclic) bond motifs is 2. The zero-order chi connectivity index (χ0) is 42.9. The van der Waals surface area contributed by atoms with Gasteiger partial charge in [-0.2, -0.15) is 0 Å². The van der Waals surface area contributed by atoms with E-state index in [-0.39, 0.29) is 17.8 Å². The van der Waals surface area contributed by atoms with Gasteiger partial charge in [0.05, 0.1) is 22.7 Å². The normalized spacial score (nSPS) is 19.7. The average Bonchev–Trinajstić information content (AvgIpc) is 3.66. The minimum absolute atomic E-state index is 0.0453. The van der Waals surface area contributed by atoms with Gasteiger partial charge in [0.25, 0.3) is 0 Å². The summed E-state index contributed by atoms with van der Waals surface area (Å²) in [5, 5.41) is 0. The molecule has 4 aromatic carbocycles. The summed E-state index contributed by atoms with van der Waals surface area (Å²) in [6, 6.07) is 24.6. The topological polar surface area (TPSA) is 103 Å². The number of hydrogen-bond donors (Lipinski definition) is 2. The van der Waals surface area contributed by atoms with Gasteiger partial charge < -0.3 is 25.2 Å². The second-order valence-electron chi connectivity index (χ2n) is 15.9. The van der Waals surface area contributed by atoms with Gasteiger partial charge in [-0.05, 0) is 135 Å². The van der Waals surface area contributed by atoms with Crippen LogP contribution in [0.2, 0.25) is 0 Å². The van der Waals surface area contributed by atoms with Crippen LogP contribution in [0.1, 0.15) is 37.5 Å². The fourth-order valence-electron chi connectivity index (χ4n) is 9.14. The highest BCUT2D eigenvalue weighted by atomic mass is 19.4. The monoisotopic (exact) mass is 821 g/mol. The van der Waals surface area contributed by atoms with Crippen LogP contribution in [0.15, 0.2) is 150 Å². The van der Waals surface area contributed by atoms with Crippen LogP contribution in [-0.4, -0.2) is 28.8 Å². The molecular formula is C48H46F3N9O. The third-order valence-electron chi connectivity index (χ3n) is 11.6. The van der Waals surface area contributed by atoms with Crippen LogP contribution in [0.25, 0.3) is 0 Å². The molecule has 61 heavy (non-hydrogen) atoms. The van der Waals surface area contributed by atoms with Gasteiger partial charge in [-0.1, -0.05) is 37.3 Å². The van der Waals surface area contributed by atoms with Crippen LogP contribution < -0.4 is 40.7 Å². The molecule has 1 aromatic heterocycles. The fourth-order valence-corrected chi connectivity index (χ4v) is 9.14. The Morgan fingerprint density at radius 2 is 1.38 bits per heavy atom. The van der Waals surface area contributed by atoms with Crippen LogP contribution in [0.3, 0.4) is 0 Å². The third kappa shape index (κ3) is 7.04. The van der Waals surface area contributed by atoms with E-state index in [0.29, 0.717) is 23.0 Å². The van der Waals surface area contributed by atoms with Crippen LogP contribution >= 0.6 is 0 Å². The molecule has 4 heterocycles. The van der Waals surface area contributed by atoms with Crippen molar-refractivity contribution in [3.63, 3.8) is 0 Å². The Balaban J connectivity index is 1.00. The first-order valence-corrected chi connectivity index (χ1v) is 20.1. The maximum absolute atomic E-state index is 13.4. The van der Waals surface area contributed by atoms with Crippen molar-refractivity contribution >= 4 is 51.4 Å². The largest absolute Gasteiger partial charge is 0.573 e. The van der Waals surface area contributed by atoms with Crippen LogP contribution in [0.4, 0.5) is 64.6 Å². The summed E-state index contributed by atoms with van der Waals surface area (Å²) in [7, 11) is 0. The smallest absolute Gasteiger partial charge is 0.406 e. The number of hydrogen-bond acceptors (Lipinski definition) is 10. The number of nitrogens with two attached hydrogens (primary N) is 2. The Morgan fingerprint density at radius 3 is 2.05 bits per heavy atom. The van der Waals surface area contributed by atoms with Crippen molar-refractivity contribution in [2.45, 2.75) is 60.4 Å². The molecule has 0 spiro atoms. The van der Waals surface area contributed by atoms with Crippen LogP contribution in [0, 0.1) is 26.7 Å². The number of nitrogens with zero attached hydrogens (tertiary/aromatic N) is 7. The number of allylic oxidation sites excluding steroid dienone is 7. The Morgan fingerprint density at radius 1 is 0.689 bits per heavy atom. The molecule has 0 amide bonds. The summed E-state index contributed by atoms with van der Waals surface area (Å²) in [4.78, 5) is 19.6. The van der Waals surface area contributed by atoms with E-state index in [1.807, 2.05) is 54.8 Å². The van der Waals surface area contributed by atoms with Crippen molar-refractivity contribution < 1.29 is 17.9 Å². The first kappa shape index (κ1) is 39.5. The molecule has 10 nitrogen and oxygen atoms in total. The summed E-state index contributed by atoms with van der Waals surface area (Å²) in [6.45, 7) is 12.4. The van der Waals surface area contributed by atoms with E-state index in [1.54, 1.807) is 18.5 Å². The molecule has 3 aliphatic heterocycles. The highest BCUT2D eigenvalue weighted by molar-refractivity contribution is 5.91. The lowest BCUT2D eigenvalue weighted by Gasteiger charge is -2.33. The number of nitrogen functional groups attached to an aromatic ring is 1. The highest BCUT2D eigenvalue weighted by Gasteiger charge is 2.41. The van der Waals surface area contributed by atoms with Gasteiger partial charge in [0, 0.05) is 59.5 Å². The predicted octanol–water partition coefficient (Wildman–Crippen LogP) is 11.0. The first-order chi connectivity index (χ1) is 29.2. The van der Waals surface area contributed by atoms with Crippen LogP contribution in [0.5, 0.6) is 5.75 Å². The summed E-state index contributed by atoms with van der Waals surface area (Å²) in [5.74, 6) is 1.08. The van der Waals surface area contributed by atoms with Gasteiger partial charge in [-0.3, -0.25) is 15.5 Å². The number of benzene rings is 4. The Hall–Kier alpha value is -6.99. The highest BCUT2D eigenvalue weighted by Crippen LogP contribution is 2.51. The molecule has 310 valence electrons. The molecule has 4 N–H and O–H groups in total. The second-order valence-corrected chi connectivity index (χ2v) is 15.9. The summed E-state index contributed by atoms with van der Waals surface area (Å²) in [5.41, 5.74) is 26.4. The molecule has 0 saturated heterocycles. The number of halogens is 3.